The fourth-order valence-corrected chi connectivity index (χ4v) is 1.93. The van der Waals surface area contributed by atoms with Gasteiger partial charge in [-0.2, -0.15) is 0 Å². The number of hydrogen-bond donors (Lipinski definition) is 2. The van der Waals surface area contributed by atoms with Gasteiger partial charge in [0.15, 0.2) is 0 Å². The Labute approximate surface area is 107 Å². The molecular weight excluding hydrogens is 238 g/mol. The van der Waals surface area contributed by atoms with Crippen LogP contribution in [0.4, 0.5) is 0 Å². The van der Waals surface area contributed by atoms with Crippen LogP contribution in [0.15, 0.2) is 12.3 Å². The first-order chi connectivity index (χ1) is 8.08. The minimum atomic E-state index is -0.0679. The number of aryl methyl sites for hydroxylation is 1. The predicted octanol–water partition coefficient (Wildman–Crippen LogP) is 1.75. The Kier molecular flexibility index (Phi) is 5.51. The van der Waals surface area contributed by atoms with Crippen LogP contribution in [0.1, 0.15) is 24.3 Å². The Bertz CT molecular complexity index is 376. The number of nitrogens with zero attached hydrogens (tertiary/aromatic N) is 1. The highest BCUT2D eigenvalue weighted by Crippen LogP contribution is 2.14. The fraction of sp³-hybridized carbons (Fsp3) is 0.583. The molecule has 0 fully saturated rings. The third-order valence-corrected chi connectivity index (χ3v) is 2.81. The molecule has 17 heavy (non-hydrogen) atoms. The van der Waals surface area contributed by atoms with Crippen LogP contribution in [0.5, 0.6) is 0 Å². The fourth-order valence-electron chi connectivity index (χ4n) is 1.70. The summed E-state index contributed by atoms with van der Waals surface area (Å²) in [5, 5.41) is 6.59. The second-order valence-corrected chi connectivity index (χ2v) is 4.64. The molecule has 0 saturated carbocycles. The van der Waals surface area contributed by atoms with E-state index in [0.29, 0.717) is 23.2 Å². The highest BCUT2D eigenvalue weighted by Gasteiger charge is 2.12. The standard InChI is InChI=1S/C12H20ClN3O/c1-4-16-8-10(13)5-11(16)12(17)15-7-9(2)6-14-3/h5,8-9,14H,4,6-7H2,1-3H3,(H,15,17). The molecule has 0 spiro atoms. The molecule has 0 radical (unpaired) electrons. The maximum Gasteiger partial charge on any atom is 0.267 e. The van der Waals surface area contributed by atoms with Gasteiger partial charge in [0.1, 0.15) is 5.69 Å². The summed E-state index contributed by atoms with van der Waals surface area (Å²) in [6.45, 7) is 6.35. The number of carbonyl (C=O) groups is 1. The van der Waals surface area contributed by atoms with Crippen LogP contribution in [0.25, 0.3) is 0 Å². The molecule has 1 aromatic heterocycles. The molecule has 1 heterocycles. The van der Waals surface area contributed by atoms with Gasteiger partial charge in [0, 0.05) is 19.3 Å². The molecule has 5 heteroatoms. The van der Waals surface area contributed by atoms with Crippen molar-refractivity contribution in [1.29, 1.82) is 0 Å². The van der Waals surface area contributed by atoms with Crippen LogP contribution in [-0.4, -0.2) is 30.6 Å². The van der Waals surface area contributed by atoms with E-state index in [2.05, 4.69) is 17.6 Å². The van der Waals surface area contributed by atoms with Crippen molar-refractivity contribution in [2.45, 2.75) is 20.4 Å². The summed E-state index contributed by atoms with van der Waals surface area (Å²) in [6.07, 6.45) is 1.77. The molecule has 1 amide bonds. The van der Waals surface area contributed by atoms with Crippen molar-refractivity contribution in [1.82, 2.24) is 15.2 Å². The zero-order chi connectivity index (χ0) is 12.8. The Hall–Kier alpha value is -1.00. The Morgan fingerprint density at radius 3 is 2.82 bits per heavy atom. The van der Waals surface area contributed by atoms with Gasteiger partial charge in [-0.3, -0.25) is 4.79 Å². The number of aromatic nitrogens is 1. The van der Waals surface area contributed by atoms with Gasteiger partial charge in [0.25, 0.3) is 5.91 Å². The lowest BCUT2D eigenvalue weighted by Gasteiger charge is -2.12. The predicted molar refractivity (Wildman–Crippen MR) is 70.5 cm³/mol. The van der Waals surface area contributed by atoms with Gasteiger partial charge in [-0.1, -0.05) is 18.5 Å². The molecule has 1 atom stereocenters. The van der Waals surface area contributed by atoms with E-state index in [1.165, 1.54) is 0 Å². The molecule has 1 aromatic rings. The minimum Gasteiger partial charge on any atom is -0.350 e. The average Bonchev–Trinajstić information content (AvgIpc) is 2.68. The minimum absolute atomic E-state index is 0.0679. The summed E-state index contributed by atoms with van der Waals surface area (Å²) in [4.78, 5) is 11.9. The molecule has 2 N–H and O–H groups in total. The van der Waals surface area contributed by atoms with Crippen molar-refractivity contribution in [3.05, 3.63) is 23.0 Å². The van der Waals surface area contributed by atoms with Gasteiger partial charge in [0.05, 0.1) is 5.02 Å². The zero-order valence-electron chi connectivity index (χ0n) is 10.6. The van der Waals surface area contributed by atoms with Gasteiger partial charge in [-0.05, 0) is 32.5 Å². The first kappa shape index (κ1) is 14.1. The maximum absolute atomic E-state index is 11.9. The normalized spacial score (nSPS) is 12.5. The van der Waals surface area contributed by atoms with E-state index in [9.17, 15) is 4.79 Å². The monoisotopic (exact) mass is 257 g/mol. The van der Waals surface area contributed by atoms with Gasteiger partial charge in [-0.25, -0.2) is 0 Å². The quantitative estimate of drug-likeness (QED) is 0.816. The highest BCUT2D eigenvalue weighted by atomic mass is 35.5. The second-order valence-electron chi connectivity index (χ2n) is 4.20. The van der Waals surface area contributed by atoms with Gasteiger partial charge >= 0.3 is 0 Å². The van der Waals surface area contributed by atoms with E-state index in [0.717, 1.165) is 13.1 Å². The van der Waals surface area contributed by atoms with Crippen molar-refractivity contribution in [3.8, 4) is 0 Å². The number of halogens is 1. The average molecular weight is 258 g/mol. The van der Waals surface area contributed by atoms with Crippen LogP contribution < -0.4 is 10.6 Å². The van der Waals surface area contributed by atoms with Gasteiger partial charge < -0.3 is 15.2 Å². The smallest absolute Gasteiger partial charge is 0.267 e. The van der Waals surface area contributed by atoms with Crippen LogP contribution in [0.3, 0.4) is 0 Å². The number of rotatable bonds is 6. The molecule has 96 valence electrons. The lowest BCUT2D eigenvalue weighted by Crippen LogP contribution is -2.33. The molecule has 0 aromatic carbocycles. The van der Waals surface area contributed by atoms with E-state index >= 15 is 0 Å². The molecule has 4 nitrogen and oxygen atoms in total. The van der Waals surface area contributed by atoms with Crippen LogP contribution in [0, 0.1) is 5.92 Å². The number of carbonyl (C=O) groups excluding carboxylic acids is 1. The Morgan fingerprint density at radius 2 is 2.24 bits per heavy atom. The van der Waals surface area contributed by atoms with Crippen molar-refractivity contribution < 1.29 is 4.79 Å². The SMILES string of the molecule is CCn1cc(Cl)cc1C(=O)NCC(C)CNC. The third-order valence-electron chi connectivity index (χ3n) is 2.60. The molecule has 0 aliphatic rings. The van der Waals surface area contributed by atoms with E-state index in [1.807, 2.05) is 18.5 Å². The van der Waals surface area contributed by atoms with E-state index in [-0.39, 0.29) is 5.91 Å². The van der Waals surface area contributed by atoms with Crippen LogP contribution >= 0.6 is 11.6 Å². The van der Waals surface area contributed by atoms with Crippen molar-refractivity contribution in [2.24, 2.45) is 5.92 Å². The van der Waals surface area contributed by atoms with Crippen LogP contribution in [-0.2, 0) is 6.54 Å². The summed E-state index contributed by atoms with van der Waals surface area (Å²) in [7, 11) is 1.90. The summed E-state index contributed by atoms with van der Waals surface area (Å²) in [5.41, 5.74) is 0.620. The van der Waals surface area contributed by atoms with Crippen molar-refractivity contribution in [3.63, 3.8) is 0 Å². The largest absolute Gasteiger partial charge is 0.350 e. The number of amides is 1. The summed E-state index contributed by atoms with van der Waals surface area (Å²) >= 11 is 5.89. The Balaban J connectivity index is 2.57. The molecule has 1 rings (SSSR count). The van der Waals surface area contributed by atoms with E-state index < -0.39 is 0 Å². The molecular formula is C12H20ClN3O. The van der Waals surface area contributed by atoms with Gasteiger partial charge in [-0.15, -0.1) is 0 Å². The first-order valence-corrected chi connectivity index (χ1v) is 6.24. The summed E-state index contributed by atoms with van der Waals surface area (Å²) in [5.74, 6) is 0.339. The lowest BCUT2D eigenvalue weighted by atomic mass is 10.2. The molecule has 0 aliphatic heterocycles. The Morgan fingerprint density at radius 1 is 1.53 bits per heavy atom. The number of nitrogens with one attached hydrogen (secondary N) is 2. The molecule has 0 saturated heterocycles. The lowest BCUT2D eigenvalue weighted by molar-refractivity contribution is 0.0939. The summed E-state index contributed by atoms with van der Waals surface area (Å²) in [6, 6.07) is 1.70. The van der Waals surface area contributed by atoms with Gasteiger partial charge in [0.2, 0.25) is 0 Å². The van der Waals surface area contributed by atoms with E-state index in [4.69, 9.17) is 11.6 Å². The third kappa shape index (κ3) is 4.06. The number of hydrogen-bond acceptors (Lipinski definition) is 2. The first-order valence-electron chi connectivity index (χ1n) is 5.87. The second kappa shape index (κ2) is 6.67. The summed E-state index contributed by atoms with van der Waals surface area (Å²) < 4.78 is 1.85. The molecule has 0 aliphatic carbocycles. The van der Waals surface area contributed by atoms with Crippen LogP contribution in [0.2, 0.25) is 5.02 Å². The maximum atomic E-state index is 11.9. The van der Waals surface area contributed by atoms with Crippen molar-refractivity contribution >= 4 is 17.5 Å². The zero-order valence-corrected chi connectivity index (χ0v) is 11.3. The molecule has 0 bridgehead atoms. The molecule has 1 unspecified atom stereocenters. The highest BCUT2D eigenvalue weighted by molar-refractivity contribution is 6.31. The van der Waals surface area contributed by atoms with E-state index in [1.54, 1.807) is 12.3 Å². The van der Waals surface area contributed by atoms with Crippen molar-refractivity contribution in [2.75, 3.05) is 20.1 Å². The topological polar surface area (TPSA) is 46.1 Å².